The number of hydrogen-bond acceptors (Lipinski definition) is 3. The van der Waals surface area contributed by atoms with Crippen molar-refractivity contribution in [3.8, 4) is 0 Å². The minimum atomic E-state index is -4.64. The predicted molar refractivity (Wildman–Crippen MR) is 49.3 cm³/mol. The van der Waals surface area contributed by atoms with Crippen LogP contribution in [0.15, 0.2) is 35.2 Å². The van der Waals surface area contributed by atoms with E-state index in [4.69, 9.17) is 19.2 Å². The summed E-state index contributed by atoms with van der Waals surface area (Å²) in [5.41, 5.74) is 0. The molecule has 0 atom stereocenters. The van der Waals surface area contributed by atoms with Crippen LogP contribution in [0.25, 0.3) is 0 Å². The van der Waals surface area contributed by atoms with Gasteiger partial charge in [0.1, 0.15) is 0 Å². The SMILES string of the molecule is O=P(O)(O)O.O=[SH](=O)c1ccccc1. The van der Waals surface area contributed by atoms with E-state index < -0.39 is 18.5 Å². The van der Waals surface area contributed by atoms with Crippen LogP contribution in [-0.2, 0) is 15.3 Å². The summed E-state index contributed by atoms with van der Waals surface area (Å²) < 4.78 is 29.4. The van der Waals surface area contributed by atoms with Gasteiger partial charge < -0.3 is 14.7 Å². The van der Waals surface area contributed by atoms with Crippen LogP contribution in [0.3, 0.4) is 0 Å². The highest BCUT2D eigenvalue weighted by Crippen LogP contribution is 2.25. The van der Waals surface area contributed by atoms with Crippen LogP contribution in [0, 0.1) is 0 Å². The smallest absolute Gasteiger partial charge is 0.303 e. The summed E-state index contributed by atoms with van der Waals surface area (Å²) in [6.45, 7) is 0. The molecule has 0 aliphatic carbocycles. The molecule has 80 valence electrons. The van der Waals surface area contributed by atoms with Crippen molar-refractivity contribution in [1.82, 2.24) is 0 Å². The molecular formula is C6H9O6PS. The molecule has 0 heterocycles. The highest BCUT2D eigenvalue weighted by molar-refractivity contribution is 7.72. The minimum absolute atomic E-state index is 0.368. The molecule has 3 N–H and O–H groups in total. The van der Waals surface area contributed by atoms with Crippen LogP contribution in [-0.4, -0.2) is 23.1 Å². The Balaban J connectivity index is 0.000000292. The van der Waals surface area contributed by atoms with Crippen molar-refractivity contribution >= 4 is 18.5 Å². The molecule has 0 amide bonds. The maximum atomic E-state index is 10.2. The van der Waals surface area contributed by atoms with Gasteiger partial charge in [-0.05, 0) is 12.1 Å². The largest absolute Gasteiger partial charge is 0.466 e. The molecule has 14 heavy (non-hydrogen) atoms. The quantitative estimate of drug-likeness (QED) is 0.397. The molecule has 0 aliphatic heterocycles. The first-order valence-electron chi connectivity index (χ1n) is 3.28. The Bertz CT molecular complexity index is 364. The molecule has 6 nitrogen and oxygen atoms in total. The molecule has 0 saturated heterocycles. The highest BCUT2D eigenvalue weighted by Gasteiger charge is 2.00. The fourth-order valence-electron chi connectivity index (χ4n) is 0.550. The van der Waals surface area contributed by atoms with Gasteiger partial charge in [-0.25, -0.2) is 13.0 Å². The Hall–Kier alpha value is -0.720. The van der Waals surface area contributed by atoms with Crippen LogP contribution in [0.4, 0.5) is 0 Å². The molecule has 0 fully saturated rings. The fourth-order valence-corrected chi connectivity index (χ4v) is 0.965. The Morgan fingerprint density at radius 1 is 1.00 bits per heavy atom. The van der Waals surface area contributed by atoms with Crippen molar-refractivity contribution in [1.29, 1.82) is 0 Å². The molecule has 1 aromatic carbocycles. The average Bonchev–Trinajstić information content (AvgIpc) is 2.03. The third-order valence-electron chi connectivity index (χ3n) is 0.967. The molecule has 0 aliphatic rings. The fraction of sp³-hybridized carbons (Fsp3) is 0. The van der Waals surface area contributed by atoms with E-state index in [0.29, 0.717) is 4.90 Å². The van der Waals surface area contributed by atoms with E-state index in [0.717, 1.165) is 0 Å². The van der Waals surface area contributed by atoms with Gasteiger partial charge in [0.2, 0.25) is 0 Å². The lowest BCUT2D eigenvalue weighted by Crippen LogP contribution is -1.75. The summed E-state index contributed by atoms with van der Waals surface area (Å²) in [7, 11) is -7.03. The molecule has 0 unspecified atom stereocenters. The molecule has 1 aromatic rings. The predicted octanol–water partition coefficient (Wildman–Crippen LogP) is -0.272. The van der Waals surface area contributed by atoms with E-state index in [1.807, 2.05) is 0 Å². The zero-order valence-electron chi connectivity index (χ0n) is 6.85. The first-order chi connectivity index (χ1) is 6.30. The lowest BCUT2D eigenvalue weighted by Gasteiger charge is -1.83. The lowest BCUT2D eigenvalue weighted by molar-refractivity contribution is 0.275. The van der Waals surface area contributed by atoms with Crippen LogP contribution < -0.4 is 0 Å². The summed E-state index contributed by atoms with van der Waals surface area (Å²) >= 11 is 0. The second-order valence-corrected chi connectivity index (χ2v) is 4.16. The van der Waals surface area contributed by atoms with Gasteiger partial charge in [0.05, 0.1) is 4.90 Å². The van der Waals surface area contributed by atoms with E-state index in [2.05, 4.69) is 0 Å². The molecule has 0 aromatic heterocycles. The summed E-state index contributed by atoms with van der Waals surface area (Å²) in [6, 6.07) is 8.29. The molecule has 1 rings (SSSR count). The molecule has 0 bridgehead atoms. The van der Waals surface area contributed by atoms with Gasteiger partial charge in [-0.15, -0.1) is 0 Å². The number of thiol groups is 1. The topological polar surface area (TPSA) is 112 Å². The van der Waals surface area contributed by atoms with Gasteiger partial charge in [0.25, 0.3) is 0 Å². The van der Waals surface area contributed by atoms with Crippen molar-refractivity contribution in [2.45, 2.75) is 4.90 Å². The Labute approximate surface area is 82.0 Å². The summed E-state index contributed by atoms with van der Waals surface area (Å²) in [5, 5.41) is 0. The van der Waals surface area contributed by atoms with Crippen molar-refractivity contribution in [2.24, 2.45) is 0 Å². The third-order valence-corrected chi connectivity index (χ3v) is 1.69. The van der Waals surface area contributed by atoms with Gasteiger partial charge in [0.15, 0.2) is 10.7 Å². The molecular weight excluding hydrogens is 231 g/mol. The first-order valence-corrected chi connectivity index (χ1v) is 6.02. The second-order valence-electron chi connectivity index (χ2n) is 2.11. The Morgan fingerprint density at radius 2 is 1.36 bits per heavy atom. The summed E-state index contributed by atoms with van der Waals surface area (Å²) in [4.78, 5) is 21.9. The van der Waals surface area contributed by atoms with Crippen molar-refractivity contribution in [3.05, 3.63) is 30.3 Å². The van der Waals surface area contributed by atoms with Gasteiger partial charge in [-0.1, -0.05) is 18.2 Å². The number of rotatable bonds is 1. The highest BCUT2D eigenvalue weighted by atomic mass is 32.2. The van der Waals surface area contributed by atoms with Crippen LogP contribution in [0.1, 0.15) is 0 Å². The normalized spacial score (nSPS) is 10.6. The number of phosphoric acid groups is 1. The lowest BCUT2D eigenvalue weighted by atomic mass is 10.4. The van der Waals surface area contributed by atoms with E-state index in [-0.39, 0.29) is 0 Å². The van der Waals surface area contributed by atoms with Crippen molar-refractivity contribution in [3.63, 3.8) is 0 Å². The van der Waals surface area contributed by atoms with Crippen LogP contribution in [0.2, 0.25) is 0 Å². The summed E-state index contributed by atoms with van der Waals surface area (Å²) in [6.07, 6.45) is 0. The second kappa shape index (κ2) is 5.90. The monoisotopic (exact) mass is 240 g/mol. The standard InChI is InChI=1S/C6H6O2S.H3O4P/c7-9(8)6-4-2-1-3-5-6;1-5(2,3)4/h1-5,9H;(H3,1,2,3,4). The molecule has 0 radical (unpaired) electrons. The van der Waals surface area contributed by atoms with E-state index in [1.54, 1.807) is 30.3 Å². The number of benzene rings is 1. The minimum Gasteiger partial charge on any atom is -0.303 e. The Kier molecular flexibility index (Phi) is 5.59. The zero-order valence-corrected chi connectivity index (χ0v) is 8.64. The molecule has 8 heteroatoms. The molecule has 0 spiro atoms. The number of hydrogen-bond donors (Lipinski definition) is 4. The van der Waals surface area contributed by atoms with Crippen LogP contribution >= 0.6 is 7.82 Å². The maximum absolute atomic E-state index is 10.2. The molecule has 0 saturated carbocycles. The van der Waals surface area contributed by atoms with Gasteiger partial charge in [0, 0.05) is 0 Å². The van der Waals surface area contributed by atoms with Gasteiger partial charge in [-0.2, -0.15) is 0 Å². The van der Waals surface area contributed by atoms with E-state index in [1.165, 1.54) is 0 Å². The van der Waals surface area contributed by atoms with E-state index in [9.17, 15) is 8.42 Å². The summed E-state index contributed by atoms with van der Waals surface area (Å²) in [5.74, 6) is 0. The van der Waals surface area contributed by atoms with E-state index >= 15 is 0 Å². The van der Waals surface area contributed by atoms with Crippen molar-refractivity contribution in [2.75, 3.05) is 0 Å². The maximum Gasteiger partial charge on any atom is 0.466 e. The third kappa shape index (κ3) is 9.37. The Morgan fingerprint density at radius 3 is 1.57 bits per heavy atom. The van der Waals surface area contributed by atoms with Crippen molar-refractivity contribution < 1.29 is 27.7 Å². The van der Waals surface area contributed by atoms with Gasteiger partial charge >= 0.3 is 7.82 Å². The average molecular weight is 240 g/mol. The zero-order chi connectivity index (χ0) is 11.2. The van der Waals surface area contributed by atoms with Crippen LogP contribution in [0.5, 0.6) is 0 Å². The first kappa shape index (κ1) is 13.3. The van der Waals surface area contributed by atoms with Gasteiger partial charge in [-0.3, -0.25) is 0 Å².